The molecule has 0 radical (unpaired) electrons. The summed E-state index contributed by atoms with van der Waals surface area (Å²) in [4.78, 5) is 12.6. The molecule has 0 fully saturated rings. The zero-order valence-corrected chi connectivity index (χ0v) is 16.6. The van der Waals surface area contributed by atoms with Crippen molar-refractivity contribution >= 4 is 27.3 Å². The van der Waals surface area contributed by atoms with E-state index in [1.165, 1.54) is 14.0 Å². The molecule has 0 saturated heterocycles. The number of hydrogen-bond donors (Lipinski definition) is 1. The van der Waals surface area contributed by atoms with Crippen LogP contribution in [0.3, 0.4) is 0 Å². The third-order valence-electron chi connectivity index (χ3n) is 3.85. The van der Waals surface area contributed by atoms with E-state index >= 15 is 0 Å². The third kappa shape index (κ3) is 5.37. The number of benzene rings is 2. The van der Waals surface area contributed by atoms with Crippen molar-refractivity contribution in [3.8, 4) is 11.5 Å². The van der Waals surface area contributed by atoms with E-state index in [4.69, 9.17) is 9.47 Å². The summed E-state index contributed by atoms with van der Waals surface area (Å²) in [6.07, 6.45) is 1.07. The number of methoxy groups -OCH3 is 1. The molecule has 1 N–H and O–H groups in total. The SMILES string of the molecule is CCOc1ccc(NC(=O)C(C)N(c2ccc(OC)cc2)S(C)(=O)=O)cc1. The first kappa shape index (κ1) is 20.6. The zero-order chi connectivity index (χ0) is 20.0. The van der Waals surface area contributed by atoms with Gasteiger partial charge in [-0.2, -0.15) is 0 Å². The van der Waals surface area contributed by atoms with Crippen molar-refractivity contribution in [1.29, 1.82) is 0 Å². The molecule has 2 aromatic carbocycles. The smallest absolute Gasteiger partial charge is 0.247 e. The lowest BCUT2D eigenvalue weighted by Crippen LogP contribution is -2.45. The lowest BCUT2D eigenvalue weighted by Gasteiger charge is -2.28. The van der Waals surface area contributed by atoms with Crippen molar-refractivity contribution in [2.24, 2.45) is 0 Å². The standard InChI is InChI=1S/C19H24N2O5S/c1-5-26-18-10-6-15(7-11-18)20-19(22)14(2)21(27(4,23)24)16-8-12-17(25-3)13-9-16/h6-14H,5H2,1-4H3,(H,20,22). The van der Waals surface area contributed by atoms with Crippen LogP contribution in [0.15, 0.2) is 48.5 Å². The Morgan fingerprint density at radius 2 is 1.63 bits per heavy atom. The van der Waals surface area contributed by atoms with E-state index < -0.39 is 22.0 Å². The zero-order valence-electron chi connectivity index (χ0n) is 15.8. The molecule has 0 saturated carbocycles. The second-order valence-electron chi connectivity index (χ2n) is 5.88. The number of amides is 1. The van der Waals surface area contributed by atoms with Crippen LogP contribution in [0.4, 0.5) is 11.4 Å². The number of carbonyl (C=O) groups is 1. The molecular weight excluding hydrogens is 368 g/mol. The Balaban J connectivity index is 2.21. The van der Waals surface area contributed by atoms with Crippen molar-refractivity contribution < 1.29 is 22.7 Å². The van der Waals surface area contributed by atoms with Crippen LogP contribution in [0.25, 0.3) is 0 Å². The van der Waals surface area contributed by atoms with Gasteiger partial charge in [-0.05, 0) is 62.4 Å². The Morgan fingerprint density at radius 3 is 2.11 bits per heavy atom. The summed E-state index contributed by atoms with van der Waals surface area (Å²) in [6, 6.07) is 12.4. The highest BCUT2D eigenvalue weighted by Gasteiger charge is 2.29. The molecule has 2 rings (SSSR count). The van der Waals surface area contributed by atoms with Crippen molar-refractivity contribution in [3.05, 3.63) is 48.5 Å². The predicted molar refractivity (Wildman–Crippen MR) is 106 cm³/mol. The molecule has 1 atom stereocenters. The summed E-state index contributed by atoms with van der Waals surface area (Å²) in [6.45, 7) is 3.97. The van der Waals surface area contributed by atoms with Gasteiger partial charge in [0.1, 0.15) is 17.5 Å². The lowest BCUT2D eigenvalue weighted by molar-refractivity contribution is -0.116. The molecule has 27 heavy (non-hydrogen) atoms. The second-order valence-corrected chi connectivity index (χ2v) is 7.74. The van der Waals surface area contributed by atoms with Gasteiger partial charge < -0.3 is 14.8 Å². The number of nitrogens with one attached hydrogen (secondary N) is 1. The van der Waals surface area contributed by atoms with E-state index in [1.54, 1.807) is 48.5 Å². The van der Waals surface area contributed by atoms with Gasteiger partial charge in [-0.15, -0.1) is 0 Å². The molecule has 2 aromatic rings. The fraction of sp³-hybridized carbons (Fsp3) is 0.316. The van der Waals surface area contributed by atoms with Crippen molar-refractivity contribution in [3.63, 3.8) is 0 Å². The largest absolute Gasteiger partial charge is 0.497 e. The summed E-state index contributed by atoms with van der Waals surface area (Å²) in [5, 5.41) is 2.73. The summed E-state index contributed by atoms with van der Waals surface area (Å²) < 4.78 is 36.1. The Morgan fingerprint density at radius 1 is 1.07 bits per heavy atom. The molecular formula is C19H24N2O5S. The molecule has 8 heteroatoms. The quantitative estimate of drug-likeness (QED) is 0.747. The first-order chi connectivity index (χ1) is 12.8. The number of carbonyl (C=O) groups excluding carboxylic acids is 1. The number of rotatable bonds is 8. The molecule has 0 aromatic heterocycles. The molecule has 1 unspecified atom stereocenters. The number of ether oxygens (including phenoxy) is 2. The highest BCUT2D eigenvalue weighted by atomic mass is 32.2. The van der Waals surface area contributed by atoms with E-state index in [2.05, 4.69) is 5.32 Å². The van der Waals surface area contributed by atoms with E-state index in [9.17, 15) is 13.2 Å². The number of nitrogens with zero attached hydrogens (tertiary/aromatic N) is 1. The third-order valence-corrected chi connectivity index (χ3v) is 5.09. The molecule has 7 nitrogen and oxygen atoms in total. The number of sulfonamides is 1. The first-order valence-electron chi connectivity index (χ1n) is 8.43. The van der Waals surface area contributed by atoms with Crippen molar-refractivity contribution in [2.75, 3.05) is 29.6 Å². The van der Waals surface area contributed by atoms with Crippen LogP contribution in [0.2, 0.25) is 0 Å². The monoisotopic (exact) mass is 392 g/mol. The van der Waals surface area contributed by atoms with E-state index in [-0.39, 0.29) is 0 Å². The van der Waals surface area contributed by atoms with Crippen LogP contribution in [0.1, 0.15) is 13.8 Å². The number of anilines is 2. The summed E-state index contributed by atoms with van der Waals surface area (Å²) in [5.41, 5.74) is 0.936. The highest BCUT2D eigenvalue weighted by molar-refractivity contribution is 7.92. The van der Waals surface area contributed by atoms with Gasteiger partial charge in [0.15, 0.2) is 0 Å². The minimum atomic E-state index is -3.68. The molecule has 1 amide bonds. The first-order valence-corrected chi connectivity index (χ1v) is 10.3. The molecule has 0 heterocycles. The Labute approximate surface area is 160 Å². The predicted octanol–water partition coefficient (Wildman–Crippen LogP) is 2.89. The van der Waals surface area contributed by atoms with Crippen LogP contribution >= 0.6 is 0 Å². The van der Waals surface area contributed by atoms with Gasteiger partial charge in [0.05, 0.1) is 25.7 Å². The average molecular weight is 392 g/mol. The van der Waals surface area contributed by atoms with Gasteiger partial charge in [-0.25, -0.2) is 8.42 Å². The van der Waals surface area contributed by atoms with Crippen molar-refractivity contribution in [2.45, 2.75) is 19.9 Å². The fourth-order valence-corrected chi connectivity index (χ4v) is 3.76. The minimum Gasteiger partial charge on any atom is -0.497 e. The van der Waals surface area contributed by atoms with E-state index in [1.807, 2.05) is 6.92 Å². The van der Waals surface area contributed by atoms with Gasteiger partial charge >= 0.3 is 0 Å². The minimum absolute atomic E-state index is 0.382. The Kier molecular flexibility index (Phi) is 6.68. The van der Waals surface area contributed by atoms with Gasteiger partial charge in [-0.3, -0.25) is 9.10 Å². The van der Waals surface area contributed by atoms with Crippen LogP contribution in [-0.2, 0) is 14.8 Å². The maximum absolute atomic E-state index is 12.6. The maximum atomic E-state index is 12.6. The lowest BCUT2D eigenvalue weighted by atomic mass is 10.2. The van der Waals surface area contributed by atoms with Crippen LogP contribution in [0, 0.1) is 0 Å². The summed E-state index contributed by atoms with van der Waals surface area (Å²) in [7, 11) is -2.15. The molecule has 0 spiro atoms. The van der Waals surface area contributed by atoms with E-state index in [0.717, 1.165) is 10.6 Å². The molecule has 0 aliphatic carbocycles. The molecule has 0 aliphatic heterocycles. The van der Waals surface area contributed by atoms with Crippen LogP contribution in [-0.4, -0.2) is 40.3 Å². The summed E-state index contributed by atoms with van der Waals surface area (Å²) >= 11 is 0. The van der Waals surface area contributed by atoms with Gasteiger partial charge in [0.2, 0.25) is 15.9 Å². The average Bonchev–Trinajstić information content (AvgIpc) is 2.63. The molecule has 146 valence electrons. The topological polar surface area (TPSA) is 84.9 Å². The fourth-order valence-electron chi connectivity index (χ4n) is 2.59. The van der Waals surface area contributed by atoms with Crippen LogP contribution < -0.4 is 19.1 Å². The molecule has 0 aliphatic rings. The number of hydrogen-bond acceptors (Lipinski definition) is 5. The Hall–Kier alpha value is -2.74. The van der Waals surface area contributed by atoms with Crippen molar-refractivity contribution in [1.82, 2.24) is 0 Å². The van der Waals surface area contributed by atoms with Gasteiger partial charge in [0, 0.05) is 5.69 Å². The molecule has 0 bridgehead atoms. The van der Waals surface area contributed by atoms with Gasteiger partial charge in [0.25, 0.3) is 0 Å². The maximum Gasteiger partial charge on any atom is 0.247 e. The van der Waals surface area contributed by atoms with Gasteiger partial charge in [-0.1, -0.05) is 0 Å². The highest BCUT2D eigenvalue weighted by Crippen LogP contribution is 2.24. The summed E-state index contributed by atoms with van der Waals surface area (Å²) in [5.74, 6) is 0.846. The van der Waals surface area contributed by atoms with E-state index in [0.29, 0.717) is 29.5 Å². The Bertz CT molecular complexity index is 864. The second kappa shape index (κ2) is 8.77. The normalized spacial score (nSPS) is 12.1. The van der Waals surface area contributed by atoms with Crippen LogP contribution in [0.5, 0.6) is 11.5 Å².